The smallest absolute Gasteiger partial charge is 0.469 e. The van der Waals surface area contributed by atoms with Crippen LogP contribution in [0.1, 0.15) is 17.5 Å². The standard InChI is InChI=1S/C25H29ClNO6PS/c1-27-25(17-28,18-33-34(29,30)31)13-12-20-10-11-23(15-24(20)26)35-22-9-5-8-21(14-22)32-16-19-6-3-2-4-7-19/h2-11,14-15,27-28H,12-13,16-18H2,1H3,(H2,29,30,31)/t25-/m0/s1. The number of aliphatic hydroxyl groups excluding tert-OH is 1. The quantitative estimate of drug-likeness (QED) is 0.224. The first-order valence-electron chi connectivity index (χ1n) is 10.9. The maximum absolute atomic E-state index is 11.1. The van der Waals surface area contributed by atoms with Gasteiger partial charge in [0.15, 0.2) is 0 Å². The number of ether oxygens (including phenoxy) is 1. The van der Waals surface area contributed by atoms with Crippen molar-refractivity contribution in [2.45, 2.75) is 34.8 Å². The van der Waals surface area contributed by atoms with Crippen LogP contribution in [-0.4, -0.2) is 40.7 Å². The van der Waals surface area contributed by atoms with Crippen LogP contribution in [0, 0.1) is 0 Å². The summed E-state index contributed by atoms with van der Waals surface area (Å²) in [6, 6.07) is 23.6. The van der Waals surface area contributed by atoms with Crippen molar-refractivity contribution in [3.05, 3.63) is 88.9 Å². The zero-order valence-electron chi connectivity index (χ0n) is 19.3. The Bertz CT molecular complexity index is 1140. The van der Waals surface area contributed by atoms with E-state index in [1.807, 2.05) is 72.8 Å². The average molecular weight is 538 g/mol. The molecule has 3 aromatic carbocycles. The van der Waals surface area contributed by atoms with Gasteiger partial charge in [0.25, 0.3) is 0 Å². The minimum absolute atomic E-state index is 0.335. The van der Waals surface area contributed by atoms with Crippen LogP contribution < -0.4 is 10.1 Å². The molecule has 1 atom stereocenters. The second-order valence-corrected chi connectivity index (χ2v) is 10.9. The molecule has 3 aromatic rings. The minimum Gasteiger partial charge on any atom is -0.489 e. The summed E-state index contributed by atoms with van der Waals surface area (Å²) < 4.78 is 21.6. The first kappa shape index (κ1) is 27.7. The third kappa shape index (κ3) is 8.94. The summed E-state index contributed by atoms with van der Waals surface area (Å²) in [5.41, 5.74) is 0.961. The molecule has 0 radical (unpaired) electrons. The molecule has 4 N–H and O–H groups in total. The summed E-state index contributed by atoms with van der Waals surface area (Å²) in [5.74, 6) is 0.784. The van der Waals surface area contributed by atoms with E-state index in [2.05, 4.69) is 9.84 Å². The molecule has 0 spiro atoms. The van der Waals surface area contributed by atoms with Crippen molar-refractivity contribution < 1.29 is 28.7 Å². The van der Waals surface area contributed by atoms with Crippen LogP contribution >= 0.6 is 31.2 Å². The number of benzene rings is 3. The molecule has 0 saturated carbocycles. The molecule has 188 valence electrons. The Balaban J connectivity index is 1.61. The Hall–Kier alpha value is -1.87. The lowest BCUT2D eigenvalue weighted by molar-refractivity contribution is 0.0820. The van der Waals surface area contributed by atoms with Gasteiger partial charge in [-0.3, -0.25) is 4.52 Å². The van der Waals surface area contributed by atoms with E-state index < -0.39 is 13.4 Å². The maximum Gasteiger partial charge on any atom is 0.469 e. The Labute approximate surface area is 214 Å². The lowest BCUT2D eigenvalue weighted by Crippen LogP contribution is -2.50. The first-order chi connectivity index (χ1) is 16.7. The van der Waals surface area contributed by atoms with Crippen molar-refractivity contribution in [2.75, 3.05) is 20.3 Å². The molecular weight excluding hydrogens is 509 g/mol. The molecule has 0 bridgehead atoms. The third-order valence-corrected chi connectivity index (χ3v) is 7.33. The zero-order valence-corrected chi connectivity index (χ0v) is 21.7. The monoisotopic (exact) mass is 537 g/mol. The van der Waals surface area contributed by atoms with Crippen LogP contribution in [0.2, 0.25) is 5.02 Å². The molecule has 3 rings (SSSR count). The fourth-order valence-electron chi connectivity index (χ4n) is 3.35. The molecule has 0 aliphatic carbocycles. The Morgan fingerprint density at radius 2 is 1.77 bits per heavy atom. The van der Waals surface area contributed by atoms with Gasteiger partial charge in [0.2, 0.25) is 0 Å². The molecule has 35 heavy (non-hydrogen) atoms. The van der Waals surface area contributed by atoms with Crippen LogP contribution in [-0.2, 0) is 22.1 Å². The largest absolute Gasteiger partial charge is 0.489 e. The maximum atomic E-state index is 11.1. The van der Waals surface area contributed by atoms with Gasteiger partial charge in [-0.05, 0) is 61.3 Å². The number of aryl methyl sites for hydroxylation is 1. The van der Waals surface area contributed by atoms with E-state index in [0.29, 0.717) is 24.5 Å². The summed E-state index contributed by atoms with van der Waals surface area (Å²) in [7, 11) is -3.04. The summed E-state index contributed by atoms with van der Waals surface area (Å²) in [6.07, 6.45) is 0.853. The van der Waals surface area contributed by atoms with Gasteiger partial charge in [-0.2, -0.15) is 0 Å². The van der Waals surface area contributed by atoms with Crippen LogP contribution in [0.25, 0.3) is 0 Å². The molecule has 0 fully saturated rings. The number of aliphatic hydroxyl groups is 1. The summed E-state index contributed by atoms with van der Waals surface area (Å²) >= 11 is 8.10. The van der Waals surface area contributed by atoms with Gasteiger partial charge >= 0.3 is 7.82 Å². The summed E-state index contributed by atoms with van der Waals surface area (Å²) in [6.45, 7) is -0.188. The number of hydrogen-bond donors (Lipinski definition) is 4. The van der Waals surface area contributed by atoms with Gasteiger partial charge in [0, 0.05) is 14.8 Å². The minimum atomic E-state index is -4.65. The van der Waals surface area contributed by atoms with Crippen LogP contribution in [0.5, 0.6) is 5.75 Å². The van der Waals surface area contributed by atoms with Gasteiger partial charge in [-0.25, -0.2) is 4.57 Å². The topological polar surface area (TPSA) is 108 Å². The predicted octanol–water partition coefficient (Wildman–Crippen LogP) is 5.06. The van der Waals surface area contributed by atoms with E-state index in [1.54, 1.807) is 18.8 Å². The molecule has 0 heterocycles. The van der Waals surface area contributed by atoms with Crippen LogP contribution in [0.3, 0.4) is 0 Å². The van der Waals surface area contributed by atoms with E-state index in [0.717, 1.165) is 26.7 Å². The SMILES string of the molecule is CN[C@](CO)(CCc1ccc(Sc2cccc(OCc3ccccc3)c2)cc1Cl)COP(=O)(O)O. The fourth-order valence-corrected chi connectivity index (χ4v) is 5.02. The number of likely N-dealkylation sites (N-methyl/N-ethyl adjacent to an activating group) is 1. The number of phosphoric ester groups is 1. The van der Waals surface area contributed by atoms with E-state index in [-0.39, 0.29) is 13.2 Å². The molecule has 0 aliphatic rings. The highest BCUT2D eigenvalue weighted by Gasteiger charge is 2.31. The van der Waals surface area contributed by atoms with Gasteiger partial charge in [0.1, 0.15) is 12.4 Å². The van der Waals surface area contributed by atoms with Crippen LogP contribution in [0.15, 0.2) is 82.6 Å². The average Bonchev–Trinajstić information content (AvgIpc) is 2.85. The van der Waals surface area contributed by atoms with E-state index in [4.69, 9.17) is 26.1 Å². The number of phosphoric acid groups is 1. The summed E-state index contributed by atoms with van der Waals surface area (Å²) in [4.78, 5) is 20.0. The predicted molar refractivity (Wildman–Crippen MR) is 138 cm³/mol. The lowest BCUT2D eigenvalue weighted by Gasteiger charge is -2.31. The molecular formula is C25H29ClNO6PS. The van der Waals surface area contributed by atoms with Crippen molar-refractivity contribution in [1.29, 1.82) is 0 Å². The van der Waals surface area contributed by atoms with E-state index in [1.165, 1.54) is 0 Å². The van der Waals surface area contributed by atoms with E-state index >= 15 is 0 Å². The molecule has 0 amide bonds. The Morgan fingerprint density at radius 3 is 2.43 bits per heavy atom. The zero-order chi connectivity index (χ0) is 25.3. The van der Waals surface area contributed by atoms with Crippen molar-refractivity contribution in [3.8, 4) is 5.75 Å². The first-order valence-corrected chi connectivity index (χ1v) is 13.7. The number of rotatable bonds is 13. The molecule has 7 nitrogen and oxygen atoms in total. The van der Waals surface area contributed by atoms with E-state index in [9.17, 15) is 9.67 Å². The van der Waals surface area contributed by atoms with Crippen molar-refractivity contribution >= 4 is 31.2 Å². The second-order valence-electron chi connectivity index (χ2n) is 8.06. The summed E-state index contributed by atoms with van der Waals surface area (Å²) in [5, 5.41) is 13.3. The molecule has 0 unspecified atom stereocenters. The van der Waals surface area contributed by atoms with Crippen molar-refractivity contribution in [1.82, 2.24) is 5.32 Å². The van der Waals surface area contributed by atoms with Gasteiger partial charge in [0.05, 0.1) is 18.8 Å². The van der Waals surface area contributed by atoms with Crippen LogP contribution in [0.4, 0.5) is 0 Å². The van der Waals surface area contributed by atoms with Crippen molar-refractivity contribution in [2.24, 2.45) is 0 Å². The second kappa shape index (κ2) is 12.9. The number of nitrogens with one attached hydrogen (secondary N) is 1. The number of hydrogen-bond acceptors (Lipinski definition) is 6. The van der Waals surface area contributed by atoms with Gasteiger partial charge in [-0.15, -0.1) is 0 Å². The van der Waals surface area contributed by atoms with Crippen molar-refractivity contribution in [3.63, 3.8) is 0 Å². The Morgan fingerprint density at radius 1 is 1.03 bits per heavy atom. The fraction of sp³-hybridized carbons (Fsp3) is 0.280. The highest BCUT2D eigenvalue weighted by Crippen LogP contribution is 2.38. The highest BCUT2D eigenvalue weighted by molar-refractivity contribution is 7.99. The number of halogens is 1. The van der Waals surface area contributed by atoms with Gasteiger partial charge in [-0.1, -0.05) is 65.8 Å². The Kier molecular flexibility index (Phi) is 10.2. The lowest BCUT2D eigenvalue weighted by atomic mass is 9.93. The normalized spacial score (nSPS) is 13.4. The third-order valence-electron chi connectivity index (χ3n) is 5.53. The highest BCUT2D eigenvalue weighted by atomic mass is 35.5. The molecule has 0 saturated heterocycles. The molecule has 0 aromatic heterocycles. The molecule has 10 heteroatoms. The van der Waals surface area contributed by atoms with Gasteiger partial charge < -0.3 is 24.9 Å². The molecule has 0 aliphatic heterocycles.